The Kier molecular flexibility index (Phi) is 3.24. The van der Waals surface area contributed by atoms with Gasteiger partial charge in [0, 0.05) is 38.3 Å². The van der Waals surface area contributed by atoms with Crippen LogP contribution in [0.3, 0.4) is 0 Å². The number of nitrogens with zero attached hydrogens (tertiary/aromatic N) is 4. The maximum atomic E-state index is 12.5. The van der Waals surface area contributed by atoms with Crippen molar-refractivity contribution in [3.63, 3.8) is 0 Å². The summed E-state index contributed by atoms with van der Waals surface area (Å²) in [7, 11) is 0. The van der Waals surface area contributed by atoms with Crippen LogP contribution in [0.5, 0.6) is 0 Å². The van der Waals surface area contributed by atoms with Crippen LogP contribution in [0.4, 0.5) is 4.79 Å². The highest BCUT2D eigenvalue weighted by Gasteiger charge is 2.43. The fraction of sp³-hybridized carbons (Fsp3) is 0.562. The molecule has 0 aromatic carbocycles. The van der Waals surface area contributed by atoms with E-state index in [1.165, 1.54) is 0 Å². The fourth-order valence-corrected chi connectivity index (χ4v) is 3.39. The van der Waals surface area contributed by atoms with E-state index in [0.717, 1.165) is 18.5 Å². The molecule has 0 bridgehead atoms. The summed E-state index contributed by atoms with van der Waals surface area (Å²) < 4.78 is 0. The molecule has 3 fully saturated rings. The quantitative estimate of drug-likeness (QED) is 0.835. The molecule has 3 aliphatic rings. The van der Waals surface area contributed by atoms with Crippen molar-refractivity contribution in [2.75, 3.05) is 26.2 Å². The number of urea groups is 1. The maximum absolute atomic E-state index is 12.5. The molecule has 3 amide bonds. The van der Waals surface area contributed by atoms with Gasteiger partial charge in [0.05, 0.1) is 18.3 Å². The van der Waals surface area contributed by atoms with Crippen molar-refractivity contribution in [2.24, 2.45) is 5.92 Å². The van der Waals surface area contributed by atoms with Crippen molar-refractivity contribution >= 4 is 11.9 Å². The predicted octanol–water partition coefficient (Wildman–Crippen LogP) is 0.940. The van der Waals surface area contributed by atoms with Crippen LogP contribution in [-0.2, 0) is 11.3 Å². The molecule has 2 aliphatic heterocycles. The number of amides is 3. The second-order valence-electron chi connectivity index (χ2n) is 6.39. The maximum Gasteiger partial charge on any atom is 0.320 e. The summed E-state index contributed by atoms with van der Waals surface area (Å²) in [6.07, 6.45) is 3.82. The number of carbonyl (C=O) groups excluding carboxylic acids is 2. The first-order chi connectivity index (χ1) is 10.7. The Bertz CT molecular complexity index is 587. The molecule has 4 rings (SSSR count). The average molecular weight is 300 g/mol. The van der Waals surface area contributed by atoms with Gasteiger partial charge < -0.3 is 14.7 Å². The standard InChI is InChI=1S/C16H20N4O2/c21-15(12-4-5-12)18-7-8-20-14(10-18)11-19(16(20)22)9-13-3-1-2-6-17-13/h1-3,6,12,14H,4-5,7-11H2. The SMILES string of the molecule is O=C(C1CC1)N1CCN2C(=O)N(Cc3ccccn3)CC2C1. The Morgan fingerprint density at radius 2 is 2.09 bits per heavy atom. The van der Waals surface area contributed by atoms with Crippen molar-refractivity contribution in [3.8, 4) is 0 Å². The van der Waals surface area contributed by atoms with Gasteiger partial charge in [-0.1, -0.05) is 6.07 Å². The Morgan fingerprint density at radius 1 is 1.23 bits per heavy atom. The molecule has 1 aliphatic carbocycles. The first-order valence-corrected chi connectivity index (χ1v) is 7.96. The molecular formula is C16H20N4O2. The molecule has 1 aromatic heterocycles. The fourth-order valence-electron chi connectivity index (χ4n) is 3.39. The number of hydrogen-bond donors (Lipinski definition) is 0. The lowest BCUT2D eigenvalue weighted by Gasteiger charge is -2.36. The number of pyridine rings is 1. The minimum Gasteiger partial charge on any atom is -0.339 e. The Balaban J connectivity index is 1.42. The van der Waals surface area contributed by atoms with Gasteiger partial charge in [-0.25, -0.2) is 4.79 Å². The van der Waals surface area contributed by atoms with Crippen LogP contribution in [-0.4, -0.2) is 63.8 Å². The first-order valence-electron chi connectivity index (χ1n) is 7.96. The monoisotopic (exact) mass is 300 g/mol. The summed E-state index contributed by atoms with van der Waals surface area (Å²) in [4.78, 5) is 34.7. The average Bonchev–Trinajstić information content (AvgIpc) is 3.34. The summed E-state index contributed by atoms with van der Waals surface area (Å²) in [6.45, 7) is 3.24. The number of hydrogen-bond acceptors (Lipinski definition) is 3. The molecule has 0 spiro atoms. The molecule has 1 saturated carbocycles. The molecular weight excluding hydrogens is 280 g/mol. The van der Waals surface area contributed by atoms with E-state index in [-0.39, 0.29) is 23.9 Å². The van der Waals surface area contributed by atoms with Crippen LogP contribution in [0.15, 0.2) is 24.4 Å². The third-order valence-corrected chi connectivity index (χ3v) is 4.75. The molecule has 1 atom stereocenters. The second kappa shape index (κ2) is 5.26. The molecule has 22 heavy (non-hydrogen) atoms. The minimum atomic E-state index is 0.0779. The van der Waals surface area contributed by atoms with Crippen molar-refractivity contribution in [3.05, 3.63) is 30.1 Å². The lowest BCUT2D eigenvalue weighted by Crippen LogP contribution is -2.54. The highest BCUT2D eigenvalue weighted by atomic mass is 16.2. The van der Waals surface area contributed by atoms with Crippen molar-refractivity contribution in [2.45, 2.75) is 25.4 Å². The van der Waals surface area contributed by atoms with Gasteiger partial charge in [-0.3, -0.25) is 9.78 Å². The normalized spacial score (nSPS) is 24.6. The number of carbonyl (C=O) groups is 2. The number of rotatable bonds is 3. The minimum absolute atomic E-state index is 0.0779. The first kappa shape index (κ1) is 13.5. The van der Waals surface area contributed by atoms with Crippen LogP contribution < -0.4 is 0 Å². The van der Waals surface area contributed by atoms with E-state index in [1.54, 1.807) is 6.20 Å². The Hall–Kier alpha value is -2.11. The Morgan fingerprint density at radius 3 is 2.82 bits per heavy atom. The predicted molar refractivity (Wildman–Crippen MR) is 79.8 cm³/mol. The van der Waals surface area contributed by atoms with Gasteiger partial charge in [0.1, 0.15) is 0 Å². The number of fused-ring (bicyclic) bond motifs is 1. The summed E-state index contributed by atoms with van der Waals surface area (Å²) in [5.74, 6) is 0.545. The largest absolute Gasteiger partial charge is 0.339 e. The van der Waals surface area contributed by atoms with Crippen LogP contribution in [0, 0.1) is 5.92 Å². The summed E-state index contributed by atoms with van der Waals surface area (Å²) in [5, 5.41) is 0. The van der Waals surface area contributed by atoms with Gasteiger partial charge in [0.15, 0.2) is 0 Å². The molecule has 1 aromatic rings. The van der Waals surface area contributed by atoms with Crippen LogP contribution in [0.1, 0.15) is 18.5 Å². The van der Waals surface area contributed by atoms with Gasteiger partial charge in [0.2, 0.25) is 5.91 Å². The smallest absolute Gasteiger partial charge is 0.320 e. The molecule has 0 N–H and O–H groups in total. The zero-order chi connectivity index (χ0) is 15.1. The van der Waals surface area contributed by atoms with E-state index in [0.29, 0.717) is 32.7 Å². The highest BCUT2D eigenvalue weighted by Crippen LogP contribution is 2.32. The van der Waals surface area contributed by atoms with E-state index in [2.05, 4.69) is 4.98 Å². The summed E-state index contributed by atoms with van der Waals surface area (Å²) in [6, 6.07) is 5.96. The van der Waals surface area contributed by atoms with Gasteiger partial charge in [-0.2, -0.15) is 0 Å². The van der Waals surface area contributed by atoms with E-state index < -0.39 is 0 Å². The molecule has 3 heterocycles. The van der Waals surface area contributed by atoms with Gasteiger partial charge in [-0.15, -0.1) is 0 Å². The van der Waals surface area contributed by atoms with E-state index in [1.807, 2.05) is 32.9 Å². The van der Waals surface area contributed by atoms with Crippen LogP contribution in [0.2, 0.25) is 0 Å². The zero-order valence-corrected chi connectivity index (χ0v) is 12.5. The zero-order valence-electron chi connectivity index (χ0n) is 12.5. The van der Waals surface area contributed by atoms with Crippen LogP contribution in [0.25, 0.3) is 0 Å². The van der Waals surface area contributed by atoms with Crippen molar-refractivity contribution in [1.82, 2.24) is 19.7 Å². The Labute approximate surface area is 129 Å². The molecule has 2 saturated heterocycles. The van der Waals surface area contributed by atoms with E-state index >= 15 is 0 Å². The highest BCUT2D eigenvalue weighted by molar-refractivity contribution is 5.82. The third kappa shape index (κ3) is 2.42. The molecule has 6 heteroatoms. The van der Waals surface area contributed by atoms with Gasteiger partial charge in [-0.05, 0) is 25.0 Å². The lowest BCUT2D eigenvalue weighted by molar-refractivity contribution is -0.134. The van der Waals surface area contributed by atoms with Crippen LogP contribution >= 0.6 is 0 Å². The summed E-state index contributed by atoms with van der Waals surface area (Å²) in [5.41, 5.74) is 0.904. The number of aromatic nitrogens is 1. The van der Waals surface area contributed by atoms with Gasteiger partial charge >= 0.3 is 6.03 Å². The lowest BCUT2D eigenvalue weighted by atomic mass is 10.2. The molecule has 1 unspecified atom stereocenters. The van der Waals surface area contributed by atoms with E-state index in [4.69, 9.17) is 0 Å². The molecule has 0 radical (unpaired) electrons. The second-order valence-corrected chi connectivity index (χ2v) is 6.39. The third-order valence-electron chi connectivity index (χ3n) is 4.75. The van der Waals surface area contributed by atoms with Crippen molar-refractivity contribution < 1.29 is 9.59 Å². The molecule has 6 nitrogen and oxygen atoms in total. The van der Waals surface area contributed by atoms with Crippen molar-refractivity contribution in [1.29, 1.82) is 0 Å². The molecule has 116 valence electrons. The van der Waals surface area contributed by atoms with E-state index in [9.17, 15) is 9.59 Å². The number of piperazine rings is 1. The van der Waals surface area contributed by atoms with Gasteiger partial charge in [0.25, 0.3) is 0 Å². The topological polar surface area (TPSA) is 56.8 Å². The summed E-state index contributed by atoms with van der Waals surface area (Å²) >= 11 is 0.